The molecule has 0 aliphatic carbocycles. The smallest absolute Gasteiger partial charge is 0.216 e. The van der Waals surface area contributed by atoms with Crippen molar-refractivity contribution < 1.29 is 0 Å². The van der Waals surface area contributed by atoms with Crippen molar-refractivity contribution in [1.29, 1.82) is 0 Å². The van der Waals surface area contributed by atoms with Crippen molar-refractivity contribution in [3.05, 3.63) is 57.7 Å². The van der Waals surface area contributed by atoms with Gasteiger partial charge in [0.2, 0.25) is 4.77 Å². The van der Waals surface area contributed by atoms with Gasteiger partial charge in [-0.3, -0.25) is 0 Å². The van der Waals surface area contributed by atoms with Crippen LogP contribution >= 0.6 is 23.6 Å². The predicted octanol–water partition coefficient (Wildman–Crippen LogP) is 3.86. The fourth-order valence-corrected chi connectivity index (χ4v) is 2.62. The number of rotatable bonds is 3. The molecule has 0 unspecified atom stereocenters. The fourth-order valence-electron chi connectivity index (χ4n) is 1.74. The first-order valence-corrected chi connectivity index (χ1v) is 7.35. The average Bonchev–Trinajstić information content (AvgIpc) is 3.08. The van der Waals surface area contributed by atoms with Gasteiger partial charge in [0.05, 0.1) is 11.1 Å². The standard InChI is InChI=1S/C14H12N4S2/c1-10-4-6-11(7-5-10)9-15-18-13(16-17-14(18)19)12-3-2-8-20-12/h2-9H,1H3,(H,17,19)/b15-9-. The summed E-state index contributed by atoms with van der Waals surface area (Å²) in [4.78, 5) is 1.03. The number of nitrogens with zero attached hydrogens (tertiary/aromatic N) is 3. The van der Waals surface area contributed by atoms with Crippen molar-refractivity contribution >= 4 is 29.8 Å². The molecule has 0 bridgehead atoms. The first-order chi connectivity index (χ1) is 9.74. The highest BCUT2D eigenvalue weighted by Crippen LogP contribution is 2.22. The Balaban J connectivity index is 1.97. The molecular weight excluding hydrogens is 288 g/mol. The van der Waals surface area contributed by atoms with Crippen LogP contribution < -0.4 is 0 Å². The molecule has 6 heteroatoms. The number of aromatic nitrogens is 3. The van der Waals surface area contributed by atoms with E-state index in [-0.39, 0.29) is 0 Å². The summed E-state index contributed by atoms with van der Waals surface area (Å²) in [6, 6.07) is 12.1. The number of H-pyrrole nitrogens is 1. The molecule has 0 amide bonds. The Hall–Kier alpha value is -2.05. The van der Waals surface area contributed by atoms with Crippen molar-refractivity contribution in [3.63, 3.8) is 0 Å². The van der Waals surface area contributed by atoms with Crippen LogP contribution in [0.2, 0.25) is 0 Å². The van der Waals surface area contributed by atoms with Gasteiger partial charge in [0.25, 0.3) is 0 Å². The molecule has 0 aliphatic heterocycles. The summed E-state index contributed by atoms with van der Waals surface area (Å²) in [7, 11) is 0. The maximum absolute atomic E-state index is 5.22. The highest BCUT2D eigenvalue weighted by atomic mass is 32.1. The van der Waals surface area contributed by atoms with E-state index in [2.05, 4.69) is 34.4 Å². The first-order valence-electron chi connectivity index (χ1n) is 6.06. The van der Waals surface area contributed by atoms with E-state index < -0.39 is 0 Å². The van der Waals surface area contributed by atoms with Crippen LogP contribution in [-0.4, -0.2) is 21.1 Å². The zero-order valence-electron chi connectivity index (χ0n) is 10.8. The molecule has 2 heterocycles. The minimum atomic E-state index is 0.483. The molecule has 100 valence electrons. The summed E-state index contributed by atoms with van der Waals surface area (Å²) in [5.74, 6) is 0.730. The normalized spacial score (nSPS) is 11.2. The van der Waals surface area contributed by atoms with Crippen LogP contribution in [0.1, 0.15) is 11.1 Å². The molecule has 0 saturated carbocycles. The van der Waals surface area contributed by atoms with Gasteiger partial charge in [-0.2, -0.15) is 14.9 Å². The van der Waals surface area contributed by atoms with Gasteiger partial charge < -0.3 is 0 Å². The van der Waals surface area contributed by atoms with E-state index in [0.29, 0.717) is 4.77 Å². The van der Waals surface area contributed by atoms with Crippen molar-refractivity contribution in [2.24, 2.45) is 5.10 Å². The van der Waals surface area contributed by atoms with Crippen LogP contribution in [0, 0.1) is 11.7 Å². The van der Waals surface area contributed by atoms with Crippen molar-refractivity contribution in [3.8, 4) is 10.7 Å². The number of nitrogens with one attached hydrogen (secondary N) is 1. The number of aromatic amines is 1. The summed E-state index contributed by atoms with van der Waals surface area (Å²) >= 11 is 6.82. The van der Waals surface area contributed by atoms with Crippen LogP contribution in [0.15, 0.2) is 46.9 Å². The Bertz CT molecular complexity index is 779. The average molecular weight is 300 g/mol. The molecular formula is C14H12N4S2. The Kier molecular flexibility index (Phi) is 3.58. The van der Waals surface area contributed by atoms with Crippen molar-refractivity contribution in [2.75, 3.05) is 0 Å². The molecule has 2 aromatic heterocycles. The highest BCUT2D eigenvalue weighted by molar-refractivity contribution is 7.71. The molecule has 20 heavy (non-hydrogen) atoms. The monoisotopic (exact) mass is 300 g/mol. The quantitative estimate of drug-likeness (QED) is 0.590. The molecule has 0 radical (unpaired) electrons. The zero-order chi connectivity index (χ0) is 13.9. The van der Waals surface area contributed by atoms with E-state index in [9.17, 15) is 0 Å². The molecule has 0 saturated heterocycles. The fraction of sp³-hybridized carbons (Fsp3) is 0.0714. The minimum Gasteiger partial charge on any atom is -0.250 e. The van der Waals surface area contributed by atoms with E-state index in [4.69, 9.17) is 12.2 Å². The van der Waals surface area contributed by atoms with Crippen LogP contribution in [0.4, 0.5) is 0 Å². The number of thiophene rings is 1. The maximum Gasteiger partial charge on any atom is 0.216 e. The van der Waals surface area contributed by atoms with Gasteiger partial charge in [0, 0.05) is 0 Å². The van der Waals surface area contributed by atoms with E-state index in [1.807, 2.05) is 29.6 Å². The predicted molar refractivity (Wildman–Crippen MR) is 84.9 cm³/mol. The van der Waals surface area contributed by atoms with Crippen LogP contribution in [-0.2, 0) is 0 Å². The third-order valence-electron chi connectivity index (χ3n) is 2.79. The van der Waals surface area contributed by atoms with E-state index >= 15 is 0 Å². The van der Waals surface area contributed by atoms with E-state index in [1.54, 1.807) is 22.2 Å². The summed E-state index contributed by atoms with van der Waals surface area (Å²) in [5, 5.41) is 13.4. The second-order valence-electron chi connectivity index (χ2n) is 4.30. The Labute approximate surface area is 125 Å². The highest BCUT2D eigenvalue weighted by Gasteiger charge is 2.08. The summed E-state index contributed by atoms with van der Waals surface area (Å²) in [5.41, 5.74) is 2.25. The molecule has 3 rings (SSSR count). The lowest BCUT2D eigenvalue weighted by Gasteiger charge is -1.98. The van der Waals surface area contributed by atoms with E-state index in [0.717, 1.165) is 16.3 Å². The van der Waals surface area contributed by atoms with Gasteiger partial charge in [-0.25, -0.2) is 5.10 Å². The van der Waals surface area contributed by atoms with Crippen molar-refractivity contribution in [1.82, 2.24) is 14.9 Å². The van der Waals surface area contributed by atoms with Gasteiger partial charge in [0.15, 0.2) is 5.82 Å². The number of hydrogen-bond donors (Lipinski definition) is 1. The lowest BCUT2D eigenvalue weighted by atomic mass is 10.2. The molecule has 0 spiro atoms. The van der Waals surface area contributed by atoms with Crippen LogP contribution in [0.5, 0.6) is 0 Å². The molecule has 1 aromatic carbocycles. The minimum absolute atomic E-state index is 0.483. The second kappa shape index (κ2) is 5.52. The number of benzene rings is 1. The van der Waals surface area contributed by atoms with Gasteiger partial charge >= 0.3 is 0 Å². The molecule has 3 aromatic rings. The Morgan fingerprint density at radius 2 is 2.10 bits per heavy atom. The van der Waals surface area contributed by atoms with Gasteiger partial charge in [-0.15, -0.1) is 11.3 Å². The summed E-state index contributed by atoms with van der Waals surface area (Å²) in [6.45, 7) is 2.06. The lowest BCUT2D eigenvalue weighted by molar-refractivity contribution is 0.873. The lowest BCUT2D eigenvalue weighted by Crippen LogP contribution is -1.93. The van der Waals surface area contributed by atoms with Gasteiger partial charge in [-0.05, 0) is 36.2 Å². The number of hydrogen-bond acceptors (Lipinski definition) is 4. The van der Waals surface area contributed by atoms with Crippen LogP contribution in [0.25, 0.3) is 10.7 Å². The summed E-state index contributed by atoms with van der Waals surface area (Å²) in [6.07, 6.45) is 1.78. The molecule has 4 nitrogen and oxygen atoms in total. The topological polar surface area (TPSA) is 46.0 Å². The van der Waals surface area contributed by atoms with Gasteiger partial charge in [0.1, 0.15) is 0 Å². The third kappa shape index (κ3) is 2.61. The maximum atomic E-state index is 5.22. The molecule has 1 N–H and O–H groups in total. The molecule has 0 atom stereocenters. The van der Waals surface area contributed by atoms with Gasteiger partial charge in [-0.1, -0.05) is 35.9 Å². The second-order valence-corrected chi connectivity index (χ2v) is 5.63. The number of aryl methyl sites for hydroxylation is 1. The largest absolute Gasteiger partial charge is 0.250 e. The van der Waals surface area contributed by atoms with E-state index in [1.165, 1.54) is 5.56 Å². The molecule has 0 fully saturated rings. The third-order valence-corrected chi connectivity index (χ3v) is 3.92. The first kappa shape index (κ1) is 13.0. The van der Waals surface area contributed by atoms with Crippen molar-refractivity contribution in [2.45, 2.75) is 6.92 Å². The zero-order valence-corrected chi connectivity index (χ0v) is 12.4. The van der Waals surface area contributed by atoms with Crippen LogP contribution in [0.3, 0.4) is 0 Å². The Morgan fingerprint density at radius 1 is 1.30 bits per heavy atom. The summed E-state index contributed by atoms with van der Waals surface area (Å²) < 4.78 is 2.12. The SMILES string of the molecule is Cc1ccc(/C=N\n2c(-c3cccs3)n[nH]c2=S)cc1. The Morgan fingerprint density at radius 3 is 2.80 bits per heavy atom. The molecule has 0 aliphatic rings.